The predicted octanol–water partition coefficient (Wildman–Crippen LogP) is 2.82. The van der Waals surface area contributed by atoms with E-state index in [2.05, 4.69) is 15.4 Å². The molecular formula is C23H25F2N3O4. The van der Waals surface area contributed by atoms with Crippen molar-refractivity contribution in [1.82, 2.24) is 15.5 Å². The topological polar surface area (TPSA) is 87.7 Å². The fraction of sp³-hybridized carbons (Fsp3) is 0.348. The Labute approximate surface area is 184 Å². The number of amides is 3. The van der Waals surface area contributed by atoms with Gasteiger partial charge in [-0.3, -0.25) is 14.4 Å². The molecule has 1 unspecified atom stereocenters. The molecule has 2 aromatic rings. The Kier molecular flexibility index (Phi) is 7.75. The number of halogens is 2. The molecule has 170 valence electrons. The first kappa shape index (κ1) is 23.2. The Morgan fingerprint density at radius 3 is 2.69 bits per heavy atom. The second-order valence-corrected chi connectivity index (χ2v) is 7.46. The van der Waals surface area contributed by atoms with Crippen molar-refractivity contribution < 1.29 is 27.9 Å². The molecule has 0 saturated carbocycles. The Morgan fingerprint density at radius 2 is 1.94 bits per heavy atom. The van der Waals surface area contributed by atoms with E-state index in [0.717, 1.165) is 5.56 Å². The van der Waals surface area contributed by atoms with Gasteiger partial charge in [0.25, 0.3) is 11.8 Å². The molecule has 0 aromatic heterocycles. The molecule has 1 saturated heterocycles. The van der Waals surface area contributed by atoms with Crippen LogP contribution < -0.4 is 15.4 Å². The van der Waals surface area contributed by atoms with Crippen LogP contribution in [0.4, 0.5) is 8.78 Å². The quantitative estimate of drug-likeness (QED) is 0.686. The van der Waals surface area contributed by atoms with E-state index in [0.29, 0.717) is 24.9 Å². The average molecular weight is 445 g/mol. The van der Waals surface area contributed by atoms with Gasteiger partial charge in [0, 0.05) is 32.2 Å². The number of piperidine rings is 1. The first-order chi connectivity index (χ1) is 15.4. The lowest BCUT2D eigenvalue weighted by molar-refractivity contribution is -0.126. The average Bonchev–Trinajstić information content (AvgIpc) is 2.81. The van der Waals surface area contributed by atoms with Gasteiger partial charge in [-0.25, -0.2) is 0 Å². The number of likely N-dealkylation sites (tertiary alicyclic amines) is 1. The summed E-state index contributed by atoms with van der Waals surface area (Å²) >= 11 is 0. The first-order valence-electron chi connectivity index (χ1n) is 10.3. The molecule has 3 amide bonds. The number of carbonyl (C=O) groups excluding carboxylic acids is 3. The zero-order valence-electron chi connectivity index (χ0n) is 17.6. The molecule has 0 radical (unpaired) electrons. The highest BCUT2D eigenvalue weighted by Crippen LogP contribution is 2.25. The molecule has 2 aromatic carbocycles. The molecule has 9 heteroatoms. The number of carbonyl (C=O) groups is 3. The van der Waals surface area contributed by atoms with Gasteiger partial charge in [0.15, 0.2) is 0 Å². The maximum atomic E-state index is 12.9. The minimum atomic E-state index is -3.04. The van der Waals surface area contributed by atoms with Gasteiger partial charge in [0.2, 0.25) is 5.91 Å². The van der Waals surface area contributed by atoms with Gasteiger partial charge in [-0.1, -0.05) is 24.3 Å². The summed E-state index contributed by atoms with van der Waals surface area (Å²) in [6.07, 6.45) is 1.23. The van der Waals surface area contributed by atoms with E-state index in [1.54, 1.807) is 31.3 Å². The van der Waals surface area contributed by atoms with Crippen LogP contribution in [0, 0.1) is 5.92 Å². The Balaban J connectivity index is 1.62. The third-order valence-corrected chi connectivity index (χ3v) is 5.30. The van der Waals surface area contributed by atoms with Gasteiger partial charge in [-0.15, -0.1) is 0 Å². The molecule has 1 fully saturated rings. The molecule has 3 rings (SSSR count). The SMILES string of the molecule is CNC(=O)c1cccc(CNC(=O)C2CCCN(C(=O)c3ccccc3OC(F)F)C2)c1. The number of nitrogens with one attached hydrogen (secondary N) is 2. The number of nitrogens with zero attached hydrogens (tertiary/aromatic N) is 1. The maximum Gasteiger partial charge on any atom is 0.387 e. The van der Waals surface area contributed by atoms with Gasteiger partial charge in [0.1, 0.15) is 5.75 Å². The lowest BCUT2D eigenvalue weighted by Crippen LogP contribution is -2.45. The smallest absolute Gasteiger partial charge is 0.387 e. The normalized spacial score (nSPS) is 15.9. The molecule has 1 heterocycles. The molecule has 0 spiro atoms. The molecule has 1 aliphatic rings. The van der Waals surface area contributed by atoms with Crippen molar-refractivity contribution >= 4 is 17.7 Å². The van der Waals surface area contributed by atoms with Crippen LogP contribution in [-0.4, -0.2) is 49.4 Å². The van der Waals surface area contributed by atoms with E-state index in [1.807, 2.05) is 6.07 Å². The summed E-state index contributed by atoms with van der Waals surface area (Å²) in [5.74, 6) is -1.47. The standard InChI is InChI=1S/C23H25F2N3O4/c1-26-20(29)16-7-4-6-15(12-16)13-27-21(30)17-8-5-11-28(14-17)22(31)18-9-2-3-10-19(18)32-23(24)25/h2-4,6-7,9-10,12,17,23H,5,8,11,13-14H2,1H3,(H,26,29)(H,27,30). The lowest BCUT2D eigenvalue weighted by Gasteiger charge is -2.32. The van der Waals surface area contributed by atoms with Crippen LogP contribution in [0.25, 0.3) is 0 Å². The predicted molar refractivity (Wildman–Crippen MR) is 113 cm³/mol. The summed E-state index contributed by atoms with van der Waals surface area (Å²) in [7, 11) is 1.55. The van der Waals surface area contributed by atoms with Crippen LogP contribution in [0.2, 0.25) is 0 Å². The summed E-state index contributed by atoms with van der Waals surface area (Å²) in [5, 5.41) is 5.41. The van der Waals surface area contributed by atoms with Crippen molar-refractivity contribution in [3.05, 3.63) is 65.2 Å². The van der Waals surface area contributed by atoms with Crippen LogP contribution in [0.1, 0.15) is 39.1 Å². The van der Waals surface area contributed by atoms with Gasteiger partial charge in [-0.05, 0) is 42.7 Å². The lowest BCUT2D eigenvalue weighted by atomic mass is 9.96. The van der Waals surface area contributed by atoms with Crippen molar-refractivity contribution in [2.75, 3.05) is 20.1 Å². The van der Waals surface area contributed by atoms with Gasteiger partial charge >= 0.3 is 6.61 Å². The summed E-state index contributed by atoms with van der Waals surface area (Å²) < 4.78 is 29.8. The Hall–Kier alpha value is -3.49. The van der Waals surface area contributed by atoms with Crippen molar-refractivity contribution in [1.29, 1.82) is 0 Å². The molecular weight excluding hydrogens is 420 g/mol. The molecule has 32 heavy (non-hydrogen) atoms. The van der Waals surface area contributed by atoms with E-state index in [4.69, 9.17) is 0 Å². The second kappa shape index (κ2) is 10.7. The number of rotatable bonds is 7. The summed E-state index contributed by atoms with van der Waals surface area (Å²) in [6, 6.07) is 12.8. The summed E-state index contributed by atoms with van der Waals surface area (Å²) in [6.45, 7) is -2.17. The highest BCUT2D eigenvalue weighted by molar-refractivity contribution is 5.97. The Morgan fingerprint density at radius 1 is 1.16 bits per heavy atom. The highest BCUT2D eigenvalue weighted by atomic mass is 19.3. The fourth-order valence-corrected chi connectivity index (χ4v) is 3.69. The molecule has 0 aliphatic carbocycles. The van der Waals surface area contributed by atoms with Crippen molar-refractivity contribution in [3.63, 3.8) is 0 Å². The van der Waals surface area contributed by atoms with Crippen LogP contribution in [0.5, 0.6) is 5.75 Å². The second-order valence-electron chi connectivity index (χ2n) is 7.46. The molecule has 2 N–H and O–H groups in total. The van der Waals surface area contributed by atoms with Gasteiger partial charge in [-0.2, -0.15) is 8.78 Å². The number of benzene rings is 2. The minimum Gasteiger partial charge on any atom is -0.434 e. The van der Waals surface area contributed by atoms with Crippen LogP contribution in [0.15, 0.2) is 48.5 Å². The van der Waals surface area contributed by atoms with Crippen molar-refractivity contribution in [2.45, 2.75) is 26.0 Å². The molecule has 0 bridgehead atoms. The fourth-order valence-electron chi connectivity index (χ4n) is 3.69. The van der Waals surface area contributed by atoms with E-state index in [9.17, 15) is 23.2 Å². The van der Waals surface area contributed by atoms with Gasteiger partial charge < -0.3 is 20.3 Å². The largest absolute Gasteiger partial charge is 0.434 e. The zero-order chi connectivity index (χ0) is 23.1. The monoisotopic (exact) mass is 445 g/mol. The van der Waals surface area contributed by atoms with E-state index in [-0.39, 0.29) is 36.2 Å². The number of alkyl halides is 2. The van der Waals surface area contributed by atoms with Crippen LogP contribution in [0.3, 0.4) is 0 Å². The first-order valence-corrected chi connectivity index (χ1v) is 10.3. The van der Waals surface area contributed by atoms with Crippen LogP contribution >= 0.6 is 0 Å². The maximum absolute atomic E-state index is 12.9. The number of hydrogen-bond acceptors (Lipinski definition) is 4. The minimum absolute atomic E-state index is 0.0415. The summed E-state index contributed by atoms with van der Waals surface area (Å²) in [4.78, 5) is 38.9. The number of ether oxygens (including phenoxy) is 1. The third kappa shape index (κ3) is 5.81. The Bertz CT molecular complexity index is 983. The van der Waals surface area contributed by atoms with Crippen molar-refractivity contribution in [2.24, 2.45) is 5.92 Å². The number of hydrogen-bond donors (Lipinski definition) is 2. The van der Waals surface area contributed by atoms with Gasteiger partial charge in [0.05, 0.1) is 11.5 Å². The van der Waals surface area contributed by atoms with Crippen molar-refractivity contribution in [3.8, 4) is 5.75 Å². The van der Waals surface area contributed by atoms with E-state index < -0.39 is 18.4 Å². The third-order valence-electron chi connectivity index (χ3n) is 5.30. The van der Waals surface area contributed by atoms with E-state index >= 15 is 0 Å². The zero-order valence-corrected chi connectivity index (χ0v) is 17.6. The molecule has 1 aliphatic heterocycles. The van der Waals surface area contributed by atoms with E-state index in [1.165, 1.54) is 23.1 Å². The summed E-state index contributed by atoms with van der Waals surface area (Å²) in [5.41, 5.74) is 1.32. The molecule has 1 atom stereocenters. The molecule has 7 nitrogen and oxygen atoms in total. The van der Waals surface area contributed by atoms with Crippen LogP contribution in [-0.2, 0) is 11.3 Å². The highest BCUT2D eigenvalue weighted by Gasteiger charge is 2.30. The number of para-hydroxylation sites is 1.